The van der Waals surface area contributed by atoms with Crippen LogP contribution in [0, 0.1) is 22.7 Å². The first-order valence-corrected chi connectivity index (χ1v) is 14.7. The van der Waals surface area contributed by atoms with E-state index in [4.69, 9.17) is 18.7 Å². The lowest BCUT2D eigenvalue weighted by Gasteiger charge is -2.59. The van der Waals surface area contributed by atoms with Gasteiger partial charge in [0.25, 0.3) is 0 Å². The van der Waals surface area contributed by atoms with E-state index in [2.05, 4.69) is 13.5 Å². The van der Waals surface area contributed by atoms with Crippen molar-refractivity contribution in [3.8, 4) is 5.75 Å². The van der Waals surface area contributed by atoms with Gasteiger partial charge < -0.3 is 18.7 Å². The van der Waals surface area contributed by atoms with Crippen LogP contribution in [0.3, 0.4) is 0 Å². The van der Waals surface area contributed by atoms with E-state index in [-0.39, 0.29) is 47.7 Å². The van der Waals surface area contributed by atoms with Crippen molar-refractivity contribution >= 4 is 25.7 Å². The van der Waals surface area contributed by atoms with E-state index in [0.717, 1.165) is 18.4 Å². The van der Waals surface area contributed by atoms with Crippen molar-refractivity contribution in [2.24, 2.45) is 22.7 Å². The largest absolute Gasteiger partial charge is 0.524 e. The summed E-state index contributed by atoms with van der Waals surface area (Å²) in [6.45, 7) is 9.92. The zero-order valence-electron chi connectivity index (χ0n) is 22.8. The Bertz CT molecular complexity index is 1310. The summed E-state index contributed by atoms with van der Waals surface area (Å²) in [5.41, 5.74) is 0.280. The standard InChI is InChI=1S/C29H35O10P/c1-18-9-12-24-28(3,22(18)11-10-20-14-16-36-26(20)31)15-13-25(38-19(2)30)29(24,4)17-37-27(32)21-7-5-6-8-23(21)39-40(33,34)35/h5-8,10-11,14,22,24-25H,1,9,12-13,15-17H2,2-4H3,(H2,33,34,35)/b11-10+/t22?,24?,25-,28-,29+/m1/s1. The molecule has 0 spiro atoms. The Hall–Kier alpha value is -3.20. The maximum absolute atomic E-state index is 13.2. The van der Waals surface area contributed by atoms with Crippen LogP contribution in [0.25, 0.3) is 0 Å². The number of fused-ring (bicyclic) bond motifs is 1. The van der Waals surface area contributed by atoms with Crippen molar-refractivity contribution in [2.75, 3.05) is 13.2 Å². The lowest BCUT2D eigenvalue weighted by atomic mass is 9.46. The van der Waals surface area contributed by atoms with Gasteiger partial charge in [0.05, 0.1) is 5.57 Å². The molecule has 3 aliphatic rings. The molecule has 1 aromatic carbocycles. The van der Waals surface area contributed by atoms with E-state index in [1.54, 1.807) is 12.2 Å². The molecule has 0 amide bonds. The predicted molar refractivity (Wildman–Crippen MR) is 144 cm³/mol. The van der Waals surface area contributed by atoms with Crippen LogP contribution < -0.4 is 4.52 Å². The number of rotatable bonds is 8. The number of benzene rings is 1. The second-order valence-corrected chi connectivity index (χ2v) is 12.3. The number of hydrogen-bond donors (Lipinski definition) is 2. The first kappa shape index (κ1) is 29.8. The van der Waals surface area contributed by atoms with E-state index in [1.165, 1.54) is 31.2 Å². The highest BCUT2D eigenvalue weighted by atomic mass is 31.2. The Morgan fingerprint density at radius 3 is 2.60 bits per heavy atom. The molecule has 0 aromatic heterocycles. The molecule has 0 radical (unpaired) electrons. The number of allylic oxidation sites excluding steroid dienone is 2. The minimum atomic E-state index is -4.91. The molecule has 2 aliphatic carbocycles. The van der Waals surface area contributed by atoms with E-state index >= 15 is 0 Å². The highest BCUT2D eigenvalue weighted by Gasteiger charge is 2.59. The molecular formula is C29H35O10P. The number of esters is 3. The molecule has 2 fully saturated rings. The van der Waals surface area contributed by atoms with Gasteiger partial charge in [0.2, 0.25) is 0 Å². The Morgan fingerprint density at radius 2 is 1.95 bits per heavy atom. The first-order valence-electron chi connectivity index (χ1n) is 13.2. The molecule has 11 heteroatoms. The summed E-state index contributed by atoms with van der Waals surface area (Å²) >= 11 is 0. The molecule has 4 rings (SSSR count). The van der Waals surface area contributed by atoms with Crippen LogP contribution in [0.5, 0.6) is 5.75 Å². The fraction of sp³-hybridized carbons (Fsp3) is 0.483. The van der Waals surface area contributed by atoms with Gasteiger partial charge in [0.15, 0.2) is 0 Å². The maximum atomic E-state index is 13.2. The Labute approximate surface area is 233 Å². The zero-order valence-corrected chi connectivity index (χ0v) is 23.7. The molecule has 1 heterocycles. The molecule has 0 bridgehead atoms. The summed E-state index contributed by atoms with van der Waals surface area (Å²) in [6, 6.07) is 5.65. The second-order valence-electron chi connectivity index (χ2n) is 11.1. The van der Waals surface area contributed by atoms with Crippen molar-refractivity contribution in [3.63, 3.8) is 0 Å². The summed E-state index contributed by atoms with van der Waals surface area (Å²) in [4.78, 5) is 55.7. The van der Waals surface area contributed by atoms with Crippen LogP contribution in [0.1, 0.15) is 56.8 Å². The molecule has 1 aliphatic heterocycles. The summed E-state index contributed by atoms with van der Waals surface area (Å²) in [5.74, 6) is -2.05. The molecule has 5 atom stereocenters. The summed E-state index contributed by atoms with van der Waals surface area (Å²) in [5, 5.41) is 0. The lowest BCUT2D eigenvalue weighted by Crippen LogP contribution is -2.58. The third-order valence-electron chi connectivity index (χ3n) is 8.55. The number of carbonyl (C=O) groups is 3. The molecule has 0 saturated heterocycles. The highest BCUT2D eigenvalue weighted by molar-refractivity contribution is 7.46. The van der Waals surface area contributed by atoms with Gasteiger partial charge in [0, 0.05) is 18.3 Å². The Morgan fingerprint density at radius 1 is 1.23 bits per heavy atom. The number of carbonyl (C=O) groups excluding carboxylic acids is 3. The molecule has 2 N–H and O–H groups in total. The molecule has 40 heavy (non-hydrogen) atoms. The fourth-order valence-electron chi connectivity index (χ4n) is 6.70. The smallest absolute Gasteiger partial charge is 0.462 e. The van der Waals surface area contributed by atoms with Crippen molar-refractivity contribution in [3.05, 3.63) is 65.8 Å². The minimum absolute atomic E-state index is 0.0582. The molecule has 216 valence electrons. The van der Waals surface area contributed by atoms with E-state index in [9.17, 15) is 28.7 Å². The average Bonchev–Trinajstić information content (AvgIpc) is 3.28. The molecule has 2 saturated carbocycles. The van der Waals surface area contributed by atoms with E-state index in [0.29, 0.717) is 18.4 Å². The van der Waals surface area contributed by atoms with Crippen molar-refractivity contribution in [1.29, 1.82) is 0 Å². The molecule has 10 nitrogen and oxygen atoms in total. The summed E-state index contributed by atoms with van der Waals surface area (Å²) in [7, 11) is -4.91. The topological polar surface area (TPSA) is 146 Å². The SMILES string of the molecule is C=C1CCC2[C@](C)(CC[C@@H](OC(C)=O)[C@@]2(C)COC(=O)c2ccccc2OP(=O)(O)O)C1/C=C/C1=CCOC1=O. The van der Waals surface area contributed by atoms with Crippen LogP contribution in [-0.2, 0) is 28.4 Å². The van der Waals surface area contributed by atoms with Gasteiger partial charge in [-0.1, -0.05) is 50.3 Å². The van der Waals surface area contributed by atoms with Gasteiger partial charge in [-0.25, -0.2) is 14.2 Å². The van der Waals surface area contributed by atoms with Crippen LogP contribution in [0.4, 0.5) is 0 Å². The van der Waals surface area contributed by atoms with Gasteiger partial charge in [-0.05, 0) is 55.2 Å². The van der Waals surface area contributed by atoms with Crippen LogP contribution in [-0.4, -0.2) is 47.0 Å². The number of phosphoric acid groups is 1. The molecule has 1 aromatic rings. The number of phosphoric ester groups is 1. The predicted octanol–water partition coefficient (Wildman–Crippen LogP) is 4.67. The number of hydrogen-bond acceptors (Lipinski definition) is 8. The normalized spacial score (nSPS) is 30.3. The monoisotopic (exact) mass is 574 g/mol. The number of ether oxygens (including phenoxy) is 3. The van der Waals surface area contributed by atoms with E-state index < -0.39 is 31.3 Å². The van der Waals surface area contributed by atoms with Gasteiger partial charge in [-0.3, -0.25) is 14.6 Å². The van der Waals surface area contributed by atoms with E-state index in [1.807, 2.05) is 13.0 Å². The molecular weight excluding hydrogens is 539 g/mol. The maximum Gasteiger partial charge on any atom is 0.524 e. The summed E-state index contributed by atoms with van der Waals surface area (Å²) < 4.78 is 32.7. The lowest BCUT2D eigenvalue weighted by molar-refractivity contribution is -0.183. The van der Waals surface area contributed by atoms with Gasteiger partial charge in [-0.15, -0.1) is 0 Å². The van der Waals surface area contributed by atoms with Crippen LogP contribution >= 0.6 is 7.82 Å². The second kappa shape index (κ2) is 11.4. The Balaban J connectivity index is 1.63. The van der Waals surface area contributed by atoms with Crippen molar-refractivity contribution < 1.29 is 47.5 Å². The van der Waals surface area contributed by atoms with Crippen molar-refractivity contribution in [1.82, 2.24) is 0 Å². The van der Waals surface area contributed by atoms with Gasteiger partial charge in [0.1, 0.15) is 30.6 Å². The summed E-state index contributed by atoms with van der Waals surface area (Å²) in [6.07, 6.45) is 7.67. The van der Waals surface area contributed by atoms with Crippen molar-refractivity contribution in [2.45, 2.75) is 52.6 Å². The zero-order chi connectivity index (χ0) is 29.3. The Kier molecular flexibility index (Phi) is 8.45. The highest BCUT2D eigenvalue weighted by Crippen LogP contribution is 2.62. The third kappa shape index (κ3) is 6.09. The van der Waals surface area contributed by atoms with Gasteiger partial charge in [-0.2, -0.15) is 0 Å². The fourth-order valence-corrected chi connectivity index (χ4v) is 7.12. The third-order valence-corrected chi connectivity index (χ3v) is 8.98. The number of para-hydroxylation sites is 1. The number of cyclic esters (lactones) is 1. The van der Waals surface area contributed by atoms with Crippen LogP contribution in [0.2, 0.25) is 0 Å². The quantitative estimate of drug-likeness (QED) is 0.194. The van der Waals surface area contributed by atoms with Gasteiger partial charge >= 0.3 is 25.7 Å². The molecule has 2 unspecified atom stereocenters. The van der Waals surface area contributed by atoms with Crippen LogP contribution in [0.15, 0.2) is 60.2 Å². The first-order chi connectivity index (χ1) is 18.7. The minimum Gasteiger partial charge on any atom is -0.462 e. The average molecular weight is 575 g/mol.